The van der Waals surface area contributed by atoms with Gasteiger partial charge in [0.15, 0.2) is 5.58 Å². The lowest BCUT2D eigenvalue weighted by molar-refractivity contribution is 0.102. The molecule has 0 bridgehead atoms. The Hall–Kier alpha value is -3.11. The smallest absolute Gasteiger partial charge is 0.257 e. The van der Waals surface area contributed by atoms with Crippen LogP contribution in [0.3, 0.4) is 0 Å². The van der Waals surface area contributed by atoms with Crippen LogP contribution in [0.4, 0.5) is 5.69 Å². The first kappa shape index (κ1) is 15.4. The molecule has 0 aliphatic carbocycles. The summed E-state index contributed by atoms with van der Waals surface area (Å²) in [5.41, 5.74) is 3.51. The Morgan fingerprint density at radius 2 is 1.64 bits per heavy atom. The number of fused-ring (bicyclic) bond motifs is 1. The van der Waals surface area contributed by atoms with E-state index in [4.69, 9.17) is 16.0 Å². The molecule has 0 unspecified atom stereocenters. The number of amides is 1. The van der Waals surface area contributed by atoms with E-state index in [0.717, 1.165) is 16.7 Å². The lowest BCUT2D eigenvalue weighted by atomic mass is 10.2. The Morgan fingerprint density at radius 3 is 2.40 bits per heavy atom. The van der Waals surface area contributed by atoms with E-state index >= 15 is 0 Å². The Kier molecular flexibility index (Phi) is 3.96. The molecular weight excluding hydrogens is 336 g/mol. The zero-order valence-corrected chi connectivity index (χ0v) is 13.8. The minimum absolute atomic E-state index is 0.250. The van der Waals surface area contributed by atoms with Gasteiger partial charge in [-0.1, -0.05) is 35.9 Å². The summed E-state index contributed by atoms with van der Waals surface area (Å²) >= 11 is 6.05. The first-order valence-corrected chi connectivity index (χ1v) is 8.10. The SMILES string of the molecule is O=C(Nc1ccc(-c2nc3ccccc3o2)cc1)c1ccccc1Cl. The van der Waals surface area contributed by atoms with E-state index in [-0.39, 0.29) is 5.91 Å². The number of anilines is 1. The van der Waals surface area contributed by atoms with Crippen molar-refractivity contribution in [3.8, 4) is 11.5 Å². The highest BCUT2D eigenvalue weighted by atomic mass is 35.5. The first-order valence-electron chi connectivity index (χ1n) is 7.72. The Balaban J connectivity index is 1.56. The van der Waals surface area contributed by atoms with E-state index in [1.807, 2.05) is 36.4 Å². The molecule has 4 rings (SSSR count). The fourth-order valence-corrected chi connectivity index (χ4v) is 2.76. The molecule has 0 spiro atoms. The summed E-state index contributed by atoms with van der Waals surface area (Å²) in [7, 11) is 0. The lowest BCUT2D eigenvalue weighted by Gasteiger charge is -2.07. The van der Waals surface area contributed by atoms with Gasteiger partial charge < -0.3 is 9.73 Å². The van der Waals surface area contributed by atoms with Gasteiger partial charge in [-0.25, -0.2) is 4.98 Å². The summed E-state index contributed by atoms with van der Waals surface area (Å²) in [6.07, 6.45) is 0. The molecular formula is C20H13ClN2O2. The second-order valence-corrected chi connectivity index (χ2v) is 5.91. The zero-order valence-electron chi connectivity index (χ0n) is 13.1. The van der Waals surface area contributed by atoms with E-state index < -0.39 is 0 Å². The van der Waals surface area contributed by atoms with Crippen LogP contribution in [0, 0.1) is 0 Å². The van der Waals surface area contributed by atoms with Crippen LogP contribution < -0.4 is 5.32 Å². The second-order valence-electron chi connectivity index (χ2n) is 5.50. The van der Waals surface area contributed by atoms with Gasteiger partial charge in [-0.05, 0) is 48.5 Å². The monoisotopic (exact) mass is 348 g/mol. The summed E-state index contributed by atoms with van der Waals surface area (Å²) < 4.78 is 5.74. The summed E-state index contributed by atoms with van der Waals surface area (Å²) in [5, 5.41) is 3.25. The van der Waals surface area contributed by atoms with Crippen LogP contribution in [0.15, 0.2) is 77.2 Å². The molecule has 0 atom stereocenters. The third-order valence-corrected chi connectivity index (χ3v) is 4.13. The first-order chi connectivity index (χ1) is 12.2. The quantitative estimate of drug-likeness (QED) is 0.539. The Labute approximate surface area is 149 Å². The Bertz CT molecular complexity index is 1020. The van der Waals surface area contributed by atoms with Crippen molar-refractivity contribution in [2.75, 3.05) is 5.32 Å². The number of aromatic nitrogens is 1. The third-order valence-electron chi connectivity index (χ3n) is 3.80. The number of benzene rings is 3. The molecule has 122 valence electrons. The minimum atomic E-state index is -0.250. The largest absolute Gasteiger partial charge is 0.436 e. The zero-order chi connectivity index (χ0) is 17.2. The highest BCUT2D eigenvalue weighted by Crippen LogP contribution is 2.25. The fourth-order valence-electron chi connectivity index (χ4n) is 2.54. The summed E-state index contributed by atoms with van der Waals surface area (Å²) in [4.78, 5) is 16.7. The van der Waals surface area contributed by atoms with E-state index in [1.54, 1.807) is 36.4 Å². The van der Waals surface area contributed by atoms with Crippen molar-refractivity contribution in [1.82, 2.24) is 4.98 Å². The second kappa shape index (κ2) is 6.42. The average Bonchev–Trinajstić information content (AvgIpc) is 3.07. The fraction of sp³-hybridized carbons (Fsp3) is 0. The van der Waals surface area contributed by atoms with Crippen LogP contribution in [0.25, 0.3) is 22.6 Å². The normalized spacial score (nSPS) is 10.8. The number of hydrogen-bond acceptors (Lipinski definition) is 3. The molecule has 1 amide bonds. The van der Waals surface area contributed by atoms with Gasteiger partial charge >= 0.3 is 0 Å². The van der Waals surface area contributed by atoms with Gasteiger partial charge in [-0.2, -0.15) is 0 Å². The van der Waals surface area contributed by atoms with Gasteiger partial charge in [-0.15, -0.1) is 0 Å². The maximum absolute atomic E-state index is 12.3. The van der Waals surface area contributed by atoms with Crippen molar-refractivity contribution in [2.45, 2.75) is 0 Å². The molecule has 25 heavy (non-hydrogen) atoms. The maximum atomic E-state index is 12.3. The average molecular weight is 349 g/mol. The molecule has 0 radical (unpaired) electrons. The molecule has 3 aromatic carbocycles. The standard InChI is InChI=1S/C20H13ClN2O2/c21-16-6-2-1-5-15(16)19(24)22-14-11-9-13(10-12-14)20-23-17-7-3-4-8-18(17)25-20/h1-12H,(H,22,24). The molecule has 0 aliphatic heterocycles. The molecule has 5 heteroatoms. The molecule has 1 N–H and O–H groups in total. The molecule has 4 nitrogen and oxygen atoms in total. The number of carbonyl (C=O) groups is 1. The van der Waals surface area contributed by atoms with Crippen LogP contribution in [0.1, 0.15) is 10.4 Å². The lowest BCUT2D eigenvalue weighted by Crippen LogP contribution is -2.12. The van der Waals surface area contributed by atoms with Gasteiger partial charge in [0.2, 0.25) is 5.89 Å². The van der Waals surface area contributed by atoms with E-state index in [9.17, 15) is 4.79 Å². The molecule has 4 aromatic rings. The van der Waals surface area contributed by atoms with Gasteiger partial charge in [0.1, 0.15) is 5.52 Å². The molecule has 0 saturated carbocycles. The minimum Gasteiger partial charge on any atom is -0.436 e. The van der Waals surface area contributed by atoms with Crippen LogP contribution in [-0.2, 0) is 0 Å². The number of nitrogens with zero attached hydrogens (tertiary/aromatic N) is 1. The maximum Gasteiger partial charge on any atom is 0.257 e. The molecule has 0 fully saturated rings. The highest BCUT2D eigenvalue weighted by molar-refractivity contribution is 6.34. The van der Waals surface area contributed by atoms with Crippen molar-refractivity contribution >= 4 is 34.3 Å². The van der Waals surface area contributed by atoms with E-state index in [1.165, 1.54) is 0 Å². The van der Waals surface area contributed by atoms with Crippen LogP contribution in [0.2, 0.25) is 5.02 Å². The number of halogens is 1. The van der Waals surface area contributed by atoms with Gasteiger partial charge in [0.25, 0.3) is 5.91 Å². The number of hydrogen-bond donors (Lipinski definition) is 1. The topological polar surface area (TPSA) is 55.1 Å². The summed E-state index contributed by atoms with van der Waals surface area (Å²) in [6, 6.07) is 21.9. The highest BCUT2D eigenvalue weighted by Gasteiger charge is 2.11. The van der Waals surface area contributed by atoms with Crippen molar-refractivity contribution < 1.29 is 9.21 Å². The number of nitrogens with one attached hydrogen (secondary N) is 1. The van der Waals surface area contributed by atoms with Gasteiger partial charge in [0, 0.05) is 11.3 Å². The number of carbonyl (C=O) groups excluding carboxylic acids is 1. The van der Waals surface area contributed by atoms with Crippen molar-refractivity contribution in [3.05, 3.63) is 83.4 Å². The number of para-hydroxylation sites is 2. The predicted octanol–water partition coefficient (Wildman–Crippen LogP) is 5.40. The van der Waals surface area contributed by atoms with Crippen molar-refractivity contribution in [3.63, 3.8) is 0 Å². The van der Waals surface area contributed by atoms with Crippen molar-refractivity contribution in [1.29, 1.82) is 0 Å². The van der Waals surface area contributed by atoms with E-state index in [0.29, 0.717) is 22.2 Å². The number of rotatable bonds is 3. The van der Waals surface area contributed by atoms with Gasteiger partial charge in [0.05, 0.1) is 10.6 Å². The van der Waals surface area contributed by atoms with Crippen LogP contribution >= 0.6 is 11.6 Å². The van der Waals surface area contributed by atoms with E-state index in [2.05, 4.69) is 10.3 Å². The molecule has 1 aromatic heterocycles. The predicted molar refractivity (Wildman–Crippen MR) is 98.9 cm³/mol. The molecule has 1 heterocycles. The number of oxazole rings is 1. The summed E-state index contributed by atoms with van der Waals surface area (Å²) in [6.45, 7) is 0. The molecule has 0 saturated heterocycles. The van der Waals surface area contributed by atoms with Crippen molar-refractivity contribution in [2.24, 2.45) is 0 Å². The van der Waals surface area contributed by atoms with Crippen LogP contribution in [0.5, 0.6) is 0 Å². The van der Waals surface area contributed by atoms with Crippen LogP contribution in [-0.4, -0.2) is 10.9 Å². The third kappa shape index (κ3) is 3.12. The van der Waals surface area contributed by atoms with Gasteiger partial charge in [-0.3, -0.25) is 4.79 Å². The Morgan fingerprint density at radius 1 is 0.920 bits per heavy atom. The summed E-state index contributed by atoms with van der Waals surface area (Å²) in [5.74, 6) is 0.297. The molecule has 0 aliphatic rings.